The largest absolute Gasteiger partial charge is 0.488 e. The molecule has 0 fully saturated rings. The molecule has 4 rings (SSSR count). The van der Waals surface area contributed by atoms with Gasteiger partial charge in [0.2, 0.25) is 5.91 Å². The minimum absolute atomic E-state index is 0.0639. The summed E-state index contributed by atoms with van der Waals surface area (Å²) in [5.41, 5.74) is 11.8. The fourth-order valence-electron chi connectivity index (χ4n) is 6.32. The molecule has 0 heterocycles. The summed E-state index contributed by atoms with van der Waals surface area (Å²) in [5.74, 6) is 1.80. The van der Waals surface area contributed by atoms with Crippen molar-refractivity contribution < 1.29 is 14.3 Å². The van der Waals surface area contributed by atoms with Crippen molar-refractivity contribution in [3.05, 3.63) is 101 Å². The minimum atomic E-state index is -0.778. The van der Waals surface area contributed by atoms with Gasteiger partial charge in [-0.05, 0) is 85.3 Å². The topological polar surface area (TPSA) is 61.5 Å². The Morgan fingerprint density at radius 1 is 0.841 bits per heavy atom. The summed E-state index contributed by atoms with van der Waals surface area (Å²) in [6.07, 6.45) is 8.69. The van der Waals surface area contributed by atoms with E-state index in [-0.39, 0.29) is 11.3 Å². The van der Waals surface area contributed by atoms with Gasteiger partial charge in [-0.1, -0.05) is 120 Å². The molecule has 2 N–H and O–H groups in total. The molecule has 3 aromatic rings. The fourth-order valence-corrected chi connectivity index (χ4v) is 6.32. The van der Waals surface area contributed by atoms with E-state index in [0.29, 0.717) is 19.1 Å². The van der Waals surface area contributed by atoms with Crippen LogP contribution in [-0.2, 0) is 23.4 Å². The van der Waals surface area contributed by atoms with Gasteiger partial charge in [0, 0.05) is 0 Å². The standard InChI is InChI=1S/C40H53NO3/c1-7-8-9-16-23-39(3,4)32-25-35(43-27-30-17-12-10-13-18-30)37(36(26-32)44-28-31-19-14-11-15-20-31)33-24-29(2)21-22-34(33)40(5,6)38(41)42/h10-15,17-20,25-26,29H,7-9,16,21-24,27-28H2,1-6H3,(H2,41,42). The second kappa shape index (κ2) is 15.0. The van der Waals surface area contributed by atoms with Crippen LogP contribution >= 0.6 is 0 Å². The Balaban J connectivity index is 1.91. The van der Waals surface area contributed by atoms with Crippen LogP contribution in [0.15, 0.2) is 78.4 Å². The van der Waals surface area contributed by atoms with Crippen molar-refractivity contribution in [2.45, 2.75) is 112 Å². The van der Waals surface area contributed by atoms with Crippen molar-refractivity contribution in [2.24, 2.45) is 17.1 Å². The number of rotatable bonds is 15. The zero-order valence-electron chi connectivity index (χ0n) is 27.9. The van der Waals surface area contributed by atoms with Crippen molar-refractivity contribution in [2.75, 3.05) is 0 Å². The highest BCUT2D eigenvalue weighted by Gasteiger charge is 2.37. The Morgan fingerprint density at radius 2 is 1.39 bits per heavy atom. The lowest BCUT2D eigenvalue weighted by Gasteiger charge is -2.35. The zero-order valence-corrected chi connectivity index (χ0v) is 27.9. The number of hydrogen-bond donors (Lipinski definition) is 1. The molecule has 44 heavy (non-hydrogen) atoms. The second-order valence-electron chi connectivity index (χ2n) is 13.9. The molecule has 236 valence electrons. The molecule has 0 bridgehead atoms. The highest BCUT2D eigenvalue weighted by molar-refractivity contribution is 5.89. The fraction of sp³-hybridized carbons (Fsp3) is 0.475. The number of amides is 1. The summed E-state index contributed by atoms with van der Waals surface area (Å²) >= 11 is 0. The molecule has 0 aliphatic heterocycles. The van der Waals surface area contributed by atoms with Crippen molar-refractivity contribution in [1.29, 1.82) is 0 Å². The molecule has 4 nitrogen and oxygen atoms in total. The van der Waals surface area contributed by atoms with Gasteiger partial charge in [-0.2, -0.15) is 0 Å². The predicted molar refractivity (Wildman–Crippen MR) is 183 cm³/mol. The van der Waals surface area contributed by atoms with Crippen LogP contribution in [0.2, 0.25) is 0 Å². The maximum absolute atomic E-state index is 12.8. The monoisotopic (exact) mass is 595 g/mol. The number of unbranched alkanes of at least 4 members (excludes halogenated alkanes) is 3. The smallest absolute Gasteiger partial charge is 0.227 e. The van der Waals surface area contributed by atoms with E-state index >= 15 is 0 Å². The summed E-state index contributed by atoms with van der Waals surface area (Å²) in [7, 11) is 0. The number of hydrogen-bond acceptors (Lipinski definition) is 3. The first-order valence-electron chi connectivity index (χ1n) is 16.6. The highest BCUT2D eigenvalue weighted by atomic mass is 16.5. The lowest BCUT2D eigenvalue weighted by molar-refractivity contribution is -0.124. The molecule has 4 heteroatoms. The number of allylic oxidation sites excluding steroid dienone is 1. The Labute approximate surface area is 266 Å². The molecule has 1 unspecified atom stereocenters. The molecular formula is C40H53NO3. The van der Waals surface area contributed by atoms with E-state index in [1.807, 2.05) is 50.2 Å². The maximum atomic E-state index is 12.8. The van der Waals surface area contributed by atoms with Gasteiger partial charge in [-0.25, -0.2) is 0 Å². The van der Waals surface area contributed by atoms with E-state index in [4.69, 9.17) is 15.2 Å². The Hall–Kier alpha value is -3.53. The number of benzene rings is 3. The number of nitrogens with two attached hydrogens (primary N) is 1. The molecule has 1 aliphatic rings. The summed E-state index contributed by atoms with van der Waals surface area (Å²) in [4.78, 5) is 12.8. The van der Waals surface area contributed by atoms with Crippen LogP contribution in [0.3, 0.4) is 0 Å². The van der Waals surface area contributed by atoms with Gasteiger partial charge in [-0.3, -0.25) is 4.79 Å². The van der Waals surface area contributed by atoms with Crippen LogP contribution in [0.5, 0.6) is 11.5 Å². The molecule has 0 saturated heterocycles. The van der Waals surface area contributed by atoms with Gasteiger partial charge in [-0.15, -0.1) is 0 Å². The van der Waals surface area contributed by atoms with Crippen LogP contribution < -0.4 is 15.2 Å². The van der Waals surface area contributed by atoms with Crippen molar-refractivity contribution >= 4 is 11.5 Å². The van der Waals surface area contributed by atoms with E-state index in [1.54, 1.807) is 0 Å². The molecule has 1 amide bonds. The molecule has 0 radical (unpaired) electrons. The highest BCUT2D eigenvalue weighted by Crippen LogP contribution is 2.50. The normalized spacial score (nSPS) is 15.7. The first-order chi connectivity index (χ1) is 21.0. The molecule has 0 spiro atoms. The van der Waals surface area contributed by atoms with Gasteiger partial charge in [0.1, 0.15) is 24.7 Å². The number of ether oxygens (including phenoxy) is 2. The predicted octanol–water partition coefficient (Wildman–Crippen LogP) is 10.2. The van der Waals surface area contributed by atoms with E-state index in [0.717, 1.165) is 65.0 Å². The molecule has 0 saturated carbocycles. The van der Waals surface area contributed by atoms with Gasteiger partial charge in [0.05, 0.1) is 11.0 Å². The Morgan fingerprint density at radius 3 is 1.89 bits per heavy atom. The minimum Gasteiger partial charge on any atom is -0.488 e. The average molecular weight is 596 g/mol. The van der Waals surface area contributed by atoms with Crippen LogP contribution in [0, 0.1) is 11.3 Å². The first-order valence-corrected chi connectivity index (χ1v) is 16.6. The first kappa shape index (κ1) is 33.4. The quantitative estimate of drug-likeness (QED) is 0.178. The van der Waals surface area contributed by atoms with Gasteiger partial charge < -0.3 is 15.2 Å². The molecule has 3 aromatic carbocycles. The second-order valence-corrected chi connectivity index (χ2v) is 13.9. The molecule has 0 aromatic heterocycles. The summed E-state index contributed by atoms with van der Waals surface area (Å²) < 4.78 is 13.5. The lowest BCUT2D eigenvalue weighted by atomic mass is 9.70. The van der Waals surface area contributed by atoms with Gasteiger partial charge >= 0.3 is 0 Å². The third kappa shape index (κ3) is 8.34. The van der Waals surface area contributed by atoms with E-state index in [1.165, 1.54) is 31.2 Å². The van der Waals surface area contributed by atoms with Crippen molar-refractivity contribution in [1.82, 2.24) is 0 Å². The SMILES string of the molecule is CCCCCCC(C)(C)c1cc(OCc2ccccc2)c(C2=C(C(C)(C)C(N)=O)CCC(C)C2)c(OCc2ccccc2)c1. The van der Waals surface area contributed by atoms with Crippen LogP contribution in [0.1, 0.15) is 115 Å². The molecule has 1 aliphatic carbocycles. The average Bonchev–Trinajstić information content (AvgIpc) is 3.01. The zero-order chi connectivity index (χ0) is 31.7. The summed E-state index contributed by atoms with van der Waals surface area (Å²) in [6.45, 7) is 14.0. The van der Waals surface area contributed by atoms with E-state index in [2.05, 4.69) is 64.1 Å². The van der Waals surface area contributed by atoms with Crippen LogP contribution in [0.4, 0.5) is 0 Å². The number of carbonyl (C=O) groups is 1. The molecular weight excluding hydrogens is 542 g/mol. The Bertz CT molecular complexity index is 1340. The number of carbonyl (C=O) groups excluding carboxylic acids is 1. The van der Waals surface area contributed by atoms with Gasteiger partial charge in [0.25, 0.3) is 0 Å². The Kier molecular flexibility index (Phi) is 11.4. The lowest BCUT2D eigenvalue weighted by Crippen LogP contribution is -2.35. The third-order valence-electron chi connectivity index (χ3n) is 9.45. The van der Waals surface area contributed by atoms with Crippen molar-refractivity contribution in [3.8, 4) is 11.5 Å². The maximum Gasteiger partial charge on any atom is 0.227 e. The summed E-state index contributed by atoms with van der Waals surface area (Å²) in [5, 5.41) is 0. The van der Waals surface area contributed by atoms with Crippen LogP contribution in [-0.4, -0.2) is 5.91 Å². The van der Waals surface area contributed by atoms with E-state index < -0.39 is 5.41 Å². The third-order valence-corrected chi connectivity index (χ3v) is 9.45. The number of primary amides is 1. The summed E-state index contributed by atoms with van der Waals surface area (Å²) in [6, 6.07) is 25.1. The van der Waals surface area contributed by atoms with Crippen LogP contribution in [0.25, 0.3) is 5.57 Å². The molecule has 1 atom stereocenters. The van der Waals surface area contributed by atoms with Crippen molar-refractivity contribution in [3.63, 3.8) is 0 Å². The van der Waals surface area contributed by atoms with E-state index in [9.17, 15) is 4.79 Å². The van der Waals surface area contributed by atoms with Gasteiger partial charge in [0.15, 0.2) is 0 Å².